The van der Waals surface area contributed by atoms with Crippen molar-refractivity contribution in [3.8, 4) is 0 Å². The molecule has 0 aliphatic heterocycles. The number of esters is 1. The van der Waals surface area contributed by atoms with Crippen LogP contribution in [0.5, 0.6) is 0 Å². The molecule has 2 nitrogen and oxygen atoms in total. The first-order chi connectivity index (χ1) is 5.07. The van der Waals surface area contributed by atoms with Crippen molar-refractivity contribution in [3.63, 3.8) is 0 Å². The quantitative estimate of drug-likeness (QED) is 0.465. The Bertz CT molecular complexity index is 161. The van der Waals surface area contributed by atoms with Gasteiger partial charge in [0.05, 0.1) is 6.61 Å². The molecule has 0 aliphatic rings. The Kier molecular flexibility index (Phi) is 4.50. The first-order valence-electron chi connectivity index (χ1n) is 3.57. The summed E-state index contributed by atoms with van der Waals surface area (Å²) in [6, 6.07) is 0. The molecule has 1 atom stereocenters. The lowest BCUT2D eigenvalue weighted by Gasteiger charge is -2.00. The second-order valence-electron chi connectivity index (χ2n) is 2.26. The van der Waals surface area contributed by atoms with E-state index in [0.29, 0.717) is 12.2 Å². The Morgan fingerprint density at radius 3 is 2.64 bits per heavy atom. The summed E-state index contributed by atoms with van der Waals surface area (Å²) in [5.41, 5.74) is 0.392. The maximum absolute atomic E-state index is 12.4. The van der Waals surface area contributed by atoms with E-state index in [4.69, 9.17) is 0 Å². The first-order valence-corrected chi connectivity index (χ1v) is 3.57. The highest BCUT2D eigenvalue weighted by Gasteiger charge is 2.03. The largest absolute Gasteiger partial charge is 0.463 e. The fraction of sp³-hybridized carbons (Fsp3) is 0.625. The molecular weight excluding hydrogens is 147 g/mol. The van der Waals surface area contributed by atoms with Crippen molar-refractivity contribution in [1.29, 1.82) is 0 Å². The molecule has 0 aliphatic carbocycles. The van der Waals surface area contributed by atoms with E-state index in [1.807, 2.05) is 0 Å². The van der Waals surface area contributed by atoms with Crippen LogP contribution in [0.2, 0.25) is 0 Å². The molecule has 0 unspecified atom stereocenters. The predicted octanol–water partition coefficient (Wildman–Crippen LogP) is 1.85. The second-order valence-corrected chi connectivity index (χ2v) is 2.26. The third-order valence-corrected chi connectivity index (χ3v) is 1.26. The average molecular weight is 160 g/mol. The lowest BCUT2D eigenvalue weighted by atomic mass is 10.2. The van der Waals surface area contributed by atoms with Crippen LogP contribution < -0.4 is 0 Å². The van der Waals surface area contributed by atoms with Crippen molar-refractivity contribution in [2.75, 3.05) is 6.61 Å². The minimum absolute atomic E-state index is 0.323. The highest BCUT2D eigenvalue weighted by atomic mass is 19.1. The standard InChI is InChI=1S/C8H13FO2/c1-4-11-8(10)5-6(2)7(3)9/h5,7H,4H2,1-3H3/b6-5+/t7-/m0/s1. The van der Waals surface area contributed by atoms with E-state index in [9.17, 15) is 9.18 Å². The number of carbonyl (C=O) groups is 1. The van der Waals surface area contributed by atoms with Crippen LogP contribution in [0, 0.1) is 0 Å². The Morgan fingerprint density at radius 1 is 1.73 bits per heavy atom. The van der Waals surface area contributed by atoms with Gasteiger partial charge in [-0.05, 0) is 26.3 Å². The number of halogens is 1. The van der Waals surface area contributed by atoms with E-state index in [-0.39, 0.29) is 0 Å². The van der Waals surface area contributed by atoms with Crippen LogP contribution in [0.1, 0.15) is 20.8 Å². The number of allylic oxidation sites excluding steroid dienone is 1. The molecule has 0 fully saturated rings. The maximum Gasteiger partial charge on any atom is 0.330 e. The van der Waals surface area contributed by atoms with E-state index < -0.39 is 12.1 Å². The number of hydrogen-bond acceptors (Lipinski definition) is 2. The van der Waals surface area contributed by atoms with Crippen molar-refractivity contribution >= 4 is 5.97 Å². The van der Waals surface area contributed by atoms with Crippen LogP contribution >= 0.6 is 0 Å². The molecule has 0 saturated heterocycles. The molecule has 0 aromatic carbocycles. The van der Waals surface area contributed by atoms with E-state index in [1.54, 1.807) is 13.8 Å². The fourth-order valence-corrected chi connectivity index (χ4v) is 0.485. The van der Waals surface area contributed by atoms with Gasteiger partial charge in [0, 0.05) is 6.08 Å². The predicted molar refractivity (Wildman–Crippen MR) is 41.0 cm³/mol. The molecular formula is C8H13FO2. The third-order valence-electron chi connectivity index (χ3n) is 1.26. The Labute approximate surface area is 66.0 Å². The monoisotopic (exact) mass is 160 g/mol. The molecule has 0 amide bonds. The SMILES string of the molecule is CCOC(=O)/C=C(\C)[C@H](C)F. The second kappa shape index (κ2) is 4.88. The summed E-state index contributed by atoms with van der Waals surface area (Å²) in [4.78, 5) is 10.7. The molecule has 3 heteroatoms. The van der Waals surface area contributed by atoms with Crippen LogP contribution in [0.3, 0.4) is 0 Å². The zero-order valence-electron chi connectivity index (χ0n) is 7.06. The molecule has 0 heterocycles. The van der Waals surface area contributed by atoms with Crippen LogP contribution in [-0.2, 0) is 9.53 Å². The minimum Gasteiger partial charge on any atom is -0.463 e. The zero-order chi connectivity index (χ0) is 8.85. The number of hydrogen-bond donors (Lipinski definition) is 0. The Morgan fingerprint density at radius 2 is 2.27 bits per heavy atom. The maximum atomic E-state index is 12.4. The molecule has 0 aromatic rings. The van der Waals surface area contributed by atoms with Gasteiger partial charge in [-0.2, -0.15) is 0 Å². The smallest absolute Gasteiger partial charge is 0.330 e. The van der Waals surface area contributed by atoms with Gasteiger partial charge in [-0.1, -0.05) is 0 Å². The van der Waals surface area contributed by atoms with Crippen molar-refractivity contribution in [2.45, 2.75) is 26.9 Å². The van der Waals surface area contributed by atoms with Gasteiger partial charge >= 0.3 is 5.97 Å². The summed E-state index contributed by atoms with van der Waals surface area (Å²) < 4.78 is 17.0. The highest BCUT2D eigenvalue weighted by molar-refractivity contribution is 5.82. The van der Waals surface area contributed by atoms with Crippen LogP contribution in [0.25, 0.3) is 0 Å². The van der Waals surface area contributed by atoms with Gasteiger partial charge < -0.3 is 4.74 Å². The summed E-state index contributed by atoms with van der Waals surface area (Å²) >= 11 is 0. The number of ether oxygens (including phenoxy) is 1. The summed E-state index contributed by atoms with van der Waals surface area (Å²) in [6.07, 6.45) is 0.0909. The molecule has 11 heavy (non-hydrogen) atoms. The van der Waals surface area contributed by atoms with Crippen molar-refractivity contribution in [3.05, 3.63) is 11.6 Å². The van der Waals surface area contributed by atoms with Crippen LogP contribution in [0.4, 0.5) is 4.39 Å². The minimum atomic E-state index is -1.08. The summed E-state index contributed by atoms with van der Waals surface area (Å²) in [5.74, 6) is -0.477. The Balaban J connectivity index is 3.97. The van der Waals surface area contributed by atoms with E-state index >= 15 is 0 Å². The van der Waals surface area contributed by atoms with Gasteiger partial charge in [0.1, 0.15) is 6.17 Å². The molecule has 64 valence electrons. The summed E-state index contributed by atoms with van der Waals surface area (Å²) in [7, 11) is 0. The van der Waals surface area contributed by atoms with Gasteiger partial charge in [0.2, 0.25) is 0 Å². The highest BCUT2D eigenvalue weighted by Crippen LogP contribution is 2.04. The van der Waals surface area contributed by atoms with Crippen molar-refractivity contribution in [1.82, 2.24) is 0 Å². The number of carbonyl (C=O) groups excluding carboxylic acids is 1. The van der Waals surface area contributed by atoms with Gasteiger partial charge in [-0.15, -0.1) is 0 Å². The average Bonchev–Trinajstić information content (AvgIpc) is 1.87. The molecule has 0 saturated carbocycles. The van der Waals surface area contributed by atoms with Crippen molar-refractivity contribution in [2.24, 2.45) is 0 Å². The molecule has 0 aromatic heterocycles. The number of rotatable bonds is 3. The molecule has 0 spiro atoms. The van der Waals surface area contributed by atoms with Gasteiger partial charge in [-0.3, -0.25) is 0 Å². The van der Waals surface area contributed by atoms with Gasteiger partial charge in [-0.25, -0.2) is 9.18 Å². The normalized spacial score (nSPS) is 14.4. The molecule has 0 bridgehead atoms. The lowest BCUT2D eigenvalue weighted by Crippen LogP contribution is -2.03. The first kappa shape index (κ1) is 10.1. The van der Waals surface area contributed by atoms with Gasteiger partial charge in [0.25, 0.3) is 0 Å². The third kappa shape index (κ3) is 4.53. The van der Waals surface area contributed by atoms with Crippen LogP contribution in [-0.4, -0.2) is 18.7 Å². The van der Waals surface area contributed by atoms with Gasteiger partial charge in [0.15, 0.2) is 0 Å². The van der Waals surface area contributed by atoms with E-state index in [2.05, 4.69) is 4.74 Å². The summed E-state index contributed by atoms with van der Waals surface area (Å²) in [6.45, 7) is 4.97. The van der Waals surface area contributed by atoms with E-state index in [0.717, 1.165) is 0 Å². The lowest BCUT2D eigenvalue weighted by molar-refractivity contribution is -0.137. The van der Waals surface area contributed by atoms with Crippen molar-refractivity contribution < 1.29 is 13.9 Å². The summed E-state index contributed by atoms with van der Waals surface area (Å²) in [5, 5.41) is 0. The molecule has 0 N–H and O–H groups in total. The fourth-order valence-electron chi connectivity index (χ4n) is 0.485. The molecule has 0 radical (unpaired) electrons. The Hall–Kier alpha value is -0.860. The van der Waals surface area contributed by atoms with E-state index in [1.165, 1.54) is 13.0 Å². The zero-order valence-corrected chi connectivity index (χ0v) is 7.06. The number of alkyl halides is 1. The van der Waals surface area contributed by atoms with Crippen LogP contribution in [0.15, 0.2) is 11.6 Å². The topological polar surface area (TPSA) is 26.3 Å². The molecule has 0 rings (SSSR count).